The number of nitrogens with zero attached hydrogens (tertiary/aromatic N) is 3. The largest absolute Gasteiger partial charge is 0.378 e. The lowest BCUT2D eigenvalue weighted by Crippen LogP contribution is -2.39. The third kappa shape index (κ3) is 5.39. The summed E-state index contributed by atoms with van der Waals surface area (Å²) in [5.74, 6) is -0.0362. The second-order valence-electron chi connectivity index (χ2n) is 9.11. The Balaban J connectivity index is 1.53. The van der Waals surface area contributed by atoms with Gasteiger partial charge in [-0.15, -0.1) is 0 Å². The molecular weight excluding hydrogens is 449 g/mol. The molecule has 7 nitrogen and oxygen atoms in total. The highest BCUT2D eigenvalue weighted by molar-refractivity contribution is 5.94. The molecule has 0 unspecified atom stereocenters. The molecule has 2 aliphatic rings. The summed E-state index contributed by atoms with van der Waals surface area (Å²) in [6.07, 6.45) is 1.80. The predicted molar refractivity (Wildman–Crippen MR) is 130 cm³/mol. The summed E-state index contributed by atoms with van der Waals surface area (Å²) in [7, 11) is 0. The van der Waals surface area contributed by atoms with Crippen LogP contribution < -0.4 is 4.90 Å². The molecule has 3 aromatic rings. The SMILES string of the molecule is Cc1cccc(-c2noc(N3CCOCC3)c2CN(C[C@@H]2CCCO2)C(=O)c2cccc(F)c2)c1. The molecule has 35 heavy (non-hydrogen) atoms. The molecule has 0 N–H and O–H groups in total. The first-order valence-corrected chi connectivity index (χ1v) is 12.1. The Morgan fingerprint density at radius 1 is 1.14 bits per heavy atom. The topological polar surface area (TPSA) is 68.0 Å². The number of aromatic nitrogens is 1. The van der Waals surface area contributed by atoms with Gasteiger partial charge in [-0.1, -0.05) is 35.0 Å². The Morgan fingerprint density at radius 2 is 1.97 bits per heavy atom. The third-order valence-electron chi connectivity index (χ3n) is 6.51. The lowest BCUT2D eigenvalue weighted by atomic mass is 10.0. The zero-order valence-electron chi connectivity index (χ0n) is 19.9. The summed E-state index contributed by atoms with van der Waals surface area (Å²) in [5.41, 5.74) is 3.89. The zero-order chi connectivity index (χ0) is 24.2. The van der Waals surface area contributed by atoms with Gasteiger partial charge in [0.05, 0.1) is 31.4 Å². The number of aryl methyl sites for hydroxylation is 1. The maximum Gasteiger partial charge on any atom is 0.254 e. The van der Waals surface area contributed by atoms with E-state index in [1.165, 1.54) is 12.1 Å². The van der Waals surface area contributed by atoms with E-state index in [1.54, 1.807) is 17.0 Å². The van der Waals surface area contributed by atoms with Crippen molar-refractivity contribution in [3.8, 4) is 11.3 Å². The van der Waals surface area contributed by atoms with Crippen molar-refractivity contribution in [2.24, 2.45) is 0 Å². The summed E-state index contributed by atoms with van der Waals surface area (Å²) < 4.78 is 31.2. The van der Waals surface area contributed by atoms with Gasteiger partial charge in [0.2, 0.25) is 5.88 Å². The maximum absolute atomic E-state index is 14.0. The van der Waals surface area contributed by atoms with Gasteiger partial charge >= 0.3 is 0 Å². The molecule has 2 aliphatic heterocycles. The van der Waals surface area contributed by atoms with E-state index >= 15 is 0 Å². The quantitative estimate of drug-likeness (QED) is 0.499. The van der Waals surface area contributed by atoms with Crippen molar-refractivity contribution in [3.05, 3.63) is 71.0 Å². The van der Waals surface area contributed by atoms with Gasteiger partial charge in [0.25, 0.3) is 5.91 Å². The Labute approximate surface area is 204 Å². The molecule has 184 valence electrons. The standard InChI is InChI=1S/C27H30FN3O4/c1-19-5-2-6-20(15-19)25-24(27(35-29-25)30-10-13-33-14-11-30)18-31(17-23-9-4-12-34-23)26(32)21-7-3-8-22(28)16-21/h2-3,5-8,15-16,23H,4,9-14,17-18H2,1H3/t23-/m0/s1. The van der Waals surface area contributed by atoms with E-state index in [-0.39, 0.29) is 18.6 Å². The first-order valence-electron chi connectivity index (χ1n) is 12.1. The maximum atomic E-state index is 14.0. The first-order chi connectivity index (χ1) is 17.1. The molecule has 1 aromatic heterocycles. The Hall–Kier alpha value is -3.23. The molecule has 1 atom stereocenters. The molecular formula is C27H30FN3O4. The first kappa shape index (κ1) is 23.5. The second kappa shape index (κ2) is 10.6. The Bertz CT molecular complexity index is 1170. The molecule has 2 fully saturated rings. The average Bonchev–Trinajstić information content (AvgIpc) is 3.54. The smallest absolute Gasteiger partial charge is 0.254 e. The van der Waals surface area contributed by atoms with E-state index in [9.17, 15) is 9.18 Å². The third-order valence-corrected chi connectivity index (χ3v) is 6.51. The van der Waals surface area contributed by atoms with Crippen LogP contribution in [0, 0.1) is 12.7 Å². The summed E-state index contributed by atoms with van der Waals surface area (Å²) in [6, 6.07) is 13.9. The fraction of sp³-hybridized carbons (Fsp3) is 0.407. The van der Waals surface area contributed by atoms with Crippen LogP contribution in [-0.4, -0.2) is 61.5 Å². The number of halogens is 1. The number of anilines is 1. The normalized spacial score (nSPS) is 18.1. The highest BCUT2D eigenvalue weighted by Gasteiger charge is 2.30. The highest BCUT2D eigenvalue weighted by atomic mass is 19.1. The van der Waals surface area contributed by atoms with Crippen LogP contribution in [0.5, 0.6) is 0 Å². The van der Waals surface area contributed by atoms with Crippen molar-refractivity contribution in [3.63, 3.8) is 0 Å². The number of morpholine rings is 1. The van der Waals surface area contributed by atoms with Crippen molar-refractivity contribution in [1.82, 2.24) is 10.1 Å². The fourth-order valence-corrected chi connectivity index (χ4v) is 4.73. The van der Waals surface area contributed by atoms with E-state index in [0.717, 1.165) is 29.5 Å². The number of carbonyl (C=O) groups excluding carboxylic acids is 1. The molecule has 8 heteroatoms. The number of benzene rings is 2. The van der Waals surface area contributed by atoms with Crippen LogP contribution >= 0.6 is 0 Å². The van der Waals surface area contributed by atoms with Gasteiger partial charge in [-0.25, -0.2) is 4.39 Å². The Morgan fingerprint density at radius 3 is 2.71 bits per heavy atom. The van der Waals surface area contributed by atoms with Crippen molar-refractivity contribution < 1.29 is 23.2 Å². The summed E-state index contributed by atoms with van der Waals surface area (Å²) in [4.78, 5) is 17.5. The van der Waals surface area contributed by atoms with Crippen LogP contribution in [0.1, 0.15) is 34.3 Å². The average molecular weight is 480 g/mol. The molecule has 0 aliphatic carbocycles. The lowest BCUT2D eigenvalue weighted by Gasteiger charge is -2.29. The molecule has 5 rings (SSSR count). The van der Waals surface area contributed by atoms with E-state index in [2.05, 4.69) is 16.1 Å². The summed E-state index contributed by atoms with van der Waals surface area (Å²) >= 11 is 0. The minimum absolute atomic E-state index is 0.0541. The van der Waals surface area contributed by atoms with Crippen molar-refractivity contribution in [2.45, 2.75) is 32.4 Å². The zero-order valence-corrected chi connectivity index (χ0v) is 19.9. The molecule has 0 spiro atoms. The number of carbonyl (C=O) groups is 1. The van der Waals surface area contributed by atoms with Crippen LogP contribution in [0.4, 0.5) is 10.3 Å². The number of hydrogen-bond acceptors (Lipinski definition) is 6. The number of rotatable bonds is 7. The van der Waals surface area contributed by atoms with Gasteiger partial charge in [-0.05, 0) is 44.0 Å². The lowest BCUT2D eigenvalue weighted by molar-refractivity contribution is 0.0507. The van der Waals surface area contributed by atoms with Gasteiger partial charge in [0.15, 0.2) is 0 Å². The second-order valence-corrected chi connectivity index (χ2v) is 9.11. The Kier molecular flexibility index (Phi) is 7.11. The number of amides is 1. The van der Waals surface area contributed by atoms with Crippen LogP contribution in [0.3, 0.4) is 0 Å². The van der Waals surface area contributed by atoms with E-state index in [1.807, 2.05) is 25.1 Å². The van der Waals surface area contributed by atoms with E-state index in [0.29, 0.717) is 56.6 Å². The fourth-order valence-electron chi connectivity index (χ4n) is 4.73. The highest BCUT2D eigenvalue weighted by Crippen LogP contribution is 2.34. The molecule has 2 saturated heterocycles. The minimum Gasteiger partial charge on any atom is -0.378 e. The van der Waals surface area contributed by atoms with Gasteiger partial charge in [-0.3, -0.25) is 4.79 Å². The van der Waals surface area contributed by atoms with Crippen LogP contribution in [0.15, 0.2) is 53.1 Å². The molecule has 2 aromatic carbocycles. The van der Waals surface area contributed by atoms with Gasteiger partial charge in [0, 0.05) is 37.4 Å². The summed E-state index contributed by atoms with van der Waals surface area (Å²) in [6.45, 7) is 5.96. The minimum atomic E-state index is -0.438. The monoisotopic (exact) mass is 479 g/mol. The van der Waals surface area contributed by atoms with E-state index in [4.69, 9.17) is 14.0 Å². The van der Waals surface area contributed by atoms with E-state index < -0.39 is 5.82 Å². The molecule has 0 bridgehead atoms. The van der Waals surface area contributed by atoms with Crippen molar-refractivity contribution in [2.75, 3.05) is 44.4 Å². The van der Waals surface area contributed by atoms with Crippen molar-refractivity contribution in [1.29, 1.82) is 0 Å². The van der Waals surface area contributed by atoms with Gasteiger partial charge < -0.3 is 23.8 Å². The van der Waals surface area contributed by atoms with Crippen LogP contribution in [0.2, 0.25) is 0 Å². The van der Waals surface area contributed by atoms with Crippen LogP contribution in [-0.2, 0) is 16.0 Å². The number of ether oxygens (including phenoxy) is 2. The molecule has 1 amide bonds. The van der Waals surface area contributed by atoms with Gasteiger partial charge in [-0.2, -0.15) is 0 Å². The number of hydrogen-bond donors (Lipinski definition) is 0. The predicted octanol–water partition coefficient (Wildman–Crippen LogP) is 4.45. The molecule has 0 saturated carbocycles. The molecule has 3 heterocycles. The molecule has 0 radical (unpaired) electrons. The van der Waals surface area contributed by atoms with Gasteiger partial charge in [0.1, 0.15) is 11.5 Å². The summed E-state index contributed by atoms with van der Waals surface area (Å²) in [5, 5.41) is 4.45. The van der Waals surface area contributed by atoms with Crippen LogP contribution in [0.25, 0.3) is 11.3 Å². The van der Waals surface area contributed by atoms with Crippen molar-refractivity contribution >= 4 is 11.8 Å².